The molecule has 5 N–H and O–H groups in total. The molecule has 0 fully saturated rings. The minimum Gasteiger partial charge on any atom is -0.493 e. The van der Waals surface area contributed by atoms with Crippen molar-refractivity contribution < 1.29 is 41.3 Å². The Kier molecular flexibility index (Phi) is 12.2. The predicted octanol–water partition coefficient (Wildman–Crippen LogP) is 4.59. The third-order valence-electron chi connectivity index (χ3n) is 6.13. The van der Waals surface area contributed by atoms with Gasteiger partial charge in [-0.3, -0.25) is 14.1 Å². The number of nitrogens with zero attached hydrogens (tertiary/aromatic N) is 4. The molecule has 0 spiro atoms. The smallest absolute Gasteiger partial charge is 0.420 e. The standard InChI is InChI=1S/C28H30F3N7O7S/c1-2-3-12-33-27(42)34-18-4-6-20(7-5-18)37-46(43,44)21-10-8-19(9-11-21)35-36-24-23(28(29,30)31)22(17-32)25(40)38(26(24)41)13-15-45-16-14-39/h4-11,37,39,41H,2-3,12-16H2,1H3,(H2,33,34,42)/b36-35+. The number of amides is 2. The van der Waals surface area contributed by atoms with Gasteiger partial charge in [-0.1, -0.05) is 13.3 Å². The number of alkyl halides is 3. The number of urea groups is 1. The normalized spacial score (nSPS) is 11.7. The zero-order chi connectivity index (χ0) is 33.9. The van der Waals surface area contributed by atoms with Crippen LogP contribution in [0.5, 0.6) is 5.88 Å². The molecule has 0 unspecified atom stereocenters. The van der Waals surface area contributed by atoms with Gasteiger partial charge in [-0.25, -0.2) is 13.2 Å². The molecule has 0 saturated heterocycles. The van der Waals surface area contributed by atoms with Crippen molar-refractivity contribution in [3.8, 4) is 11.9 Å². The lowest BCUT2D eigenvalue weighted by molar-refractivity contribution is -0.137. The maximum atomic E-state index is 13.9. The molecular formula is C28H30F3N7O7S. The third kappa shape index (κ3) is 9.26. The first-order chi connectivity index (χ1) is 21.8. The Hall–Kier alpha value is -4.99. The number of hydrogen-bond acceptors (Lipinski definition) is 10. The first-order valence-corrected chi connectivity index (χ1v) is 15.2. The Balaban J connectivity index is 1.82. The van der Waals surface area contributed by atoms with E-state index < -0.39 is 57.0 Å². The third-order valence-corrected chi connectivity index (χ3v) is 7.52. The summed E-state index contributed by atoms with van der Waals surface area (Å²) in [6, 6.07) is 11.1. The van der Waals surface area contributed by atoms with Gasteiger partial charge in [0.25, 0.3) is 15.6 Å². The highest BCUT2D eigenvalue weighted by atomic mass is 32.2. The van der Waals surface area contributed by atoms with Gasteiger partial charge in [0.05, 0.1) is 36.9 Å². The van der Waals surface area contributed by atoms with Crippen LogP contribution >= 0.6 is 0 Å². The molecule has 2 amide bonds. The molecule has 1 aromatic heterocycles. The second kappa shape index (κ2) is 15.8. The number of aliphatic hydroxyl groups excluding tert-OH is 1. The lowest BCUT2D eigenvalue weighted by Gasteiger charge is -2.16. The minimum absolute atomic E-state index is 0.123. The highest BCUT2D eigenvalue weighted by Gasteiger charge is 2.41. The fourth-order valence-electron chi connectivity index (χ4n) is 3.89. The largest absolute Gasteiger partial charge is 0.493 e. The lowest BCUT2D eigenvalue weighted by Crippen LogP contribution is -2.29. The molecular weight excluding hydrogens is 635 g/mol. The van der Waals surface area contributed by atoms with Crippen LogP contribution in [0.15, 0.2) is 68.4 Å². The SMILES string of the molecule is CCCCNC(=O)Nc1ccc(NS(=O)(=O)c2ccc(/N=N/c3c(C(F)(F)F)c(C#N)c(=O)n(CCOCCO)c3O)cc2)cc1. The average Bonchev–Trinajstić information content (AvgIpc) is 3.00. The summed E-state index contributed by atoms with van der Waals surface area (Å²) < 4.78 is 75.3. The maximum absolute atomic E-state index is 13.9. The average molecular weight is 666 g/mol. The van der Waals surface area contributed by atoms with E-state index in [1.807, 2.05) is 6.92 Å². The van der Waals surface area contributed by atoms with E-state index in [1.54, 1.807) is 0 Å². The number of carbonyl (C=O) groups excluding carboxylic acids is 1. The van der Waals surface area contributed by atoms with E-state index in [4.69, 9.17) is 9.84 Å². The molecule has 3 rings (SSSR count). The van der Waals surface area contributed by atoms with Gasteiger partial charge in [0.15, 0.2) is 5.69 Å². The predicted molar refractivity (Wildman–Crippen MR) is 160 cm³/mol. The number of halogens is 3. The van der Waals surface area contributed by atoms with E-state index >= 15 is 0 Å². The number of aromatic nitrogens is 1. The number of nitrogens with one attached hydrogen (secondary N) is 3. The number of benzene rings is 2. The Labute approximate surface area is 261 Å². The highest BCUT2D eigenvalue weighted by molar-refractivity contribution is 7.92. The van der Waals surface area contributed by atoms with Gasteiger partial charge in [0, 0.05) is 17.9 Å². The molecule has 0 atom stereocenters. The van der Waals surface area contributed by atoms with Gasteiger partial charge in [-0.2, -0.15) is 23.5 Å². The second-order valence-electron chi connectivity index (χ2n) is 9.44. The van der Waals surface area contributed by atoms with Crippen molar-refractivity contribution in [2.75, 3.05) is 36.4 Å². The number of ether oxygens (including phenoxy) is 1. The summed E-state index contributed by atoms with van der Waals surface area (Å²) in [4.78, 5) is 24.2. The van der Waals surface area contributed by atoms with Crippen molar-refractivity contribution in [1.82, 2.24) is 9.88 Å². The van der Waals surface area contributed by atoms with E-state index in [1.165, 1.54) is 30.3 Å². The summed E-state index contributed by atoms with van der Waals surface area (Å²) in [7, 11) is -4.13. The molecule has 1 heterocycles. The van der Waals surface area contributed by atoms with Crippen LogP contribution in [-0.2, 0) is 27.5 Å². The summed E-state index contributed by atoms with van der Waals surface area (Å²) in [6.07, 6.45) is -3.54. The number of pyridine rings is 1. The number of unbranched alkanes of at least 4 members (excludes halogenated alkanes) is 1. The zero-order valence-electron chi connectivity index (χ0n) is 24.3. The molecule has 46 heavy (non-hydrogen) atoms. The Morgan fingerprint density at radius 2 is 1.72 bits per heavy atom. The van der Waals surface area contributed by atoms with Crippen LogP contribution in [0.3, 0.4) is 0 Å². The molecule has 0 aliphatic rings. The van der Waals surface area contributed by atoms with Gasteiger partial charge in [-0.15, -0.1) is 5.11 Å². The van der Waals surface area contributed by atoms with Gasteiger partial charge >= 0.3 is 12.2 Å². The fourth-order valence-corrected chi connectivity index (χ4v) is 4.95. The Morgan fingerprint density at radius 3 is 2.30 bits per heavy atom. The van der Waals surface area contributed by atoms with Crippen LogP contribution in [0.1, 0.15) is 30.9 Å². The van der Waals surface area contributed by atoms with E-state index in [9.17, 15) is 41.5 Å². The molecule has 2 aromatic carbocycles. The zero-order valence-corrected chi connectivity index (χ0v) is 25.2. The molecule has 0 radical (unpaired) electrons. The molecule has 0 bridgehead atoms. The Morgan fingerprint density at radius 1 is 1.07 bits per heavy atom. The molecule has 3 aromatic rings. The number of aliphatic hydroxyl groups is 1. The Bertz CT molecular complexity index is 1750. The summed E-state index contributed by atoms with van der Waals surface area (Å²) in [6.45, 7) is 1.24. The molecule has 246 valence electrons. The van der Waals surface area contributed by atoms with Crippen molar-refractivity contribution in [2.45, 2.75) is 37.4 Å². The van der Waals surface area contributed by atoms with Crippen LogP contribution in [0.2, 0.25) is 0 Å². The van der Waals surface area contributed by atoms with Crippen molar-refractivity contribution in [3.05, 3.63) is 70.0 Å². The molecule has 18 heteroatoms. The molecule has 0 aliphatic heterocycles. The van der Waals surface area contributed by atoms with Crippen LogP contribution in [0, 0.1) is 11.3 Å². The number of aromatic hydroxyl groups is 1. The number of carbonyl (C=O) groups is 1. The fraction of sp³-hybridized carbons (Fsp3) is 0.321. The molecule has 0 saturated carbocycles. The van der Waals surface area contributed by atoms with Crippen LogP contribution in [-0.4, -0.2) is 55.6 Å². The van der Waals surface area contributed by atoms with Gasteiger partial charge in [0.1, 0.15) is 17.2 Å². The monoisotopic (exact) mass is 665 g/mol. The first kappa shape index (κ1) is 35.5. The van der Waals surface area contributed by atoms with Crippen molar-refractivity contribution in [3.63, 3.8) is 0 Å². The number of anilines is 2. The van der Waals surface area contributed by atoms with Gasteiger partial charge in [-0.05, 0) is 55.0 Å². The number of sulfonamides is 1. The highest BCUT2D eigenvalue weighted by Crippen LogP contribution is 2.42. The number of rotatable bonds is 14. The van der Waals surface area contributed by atoms with Crippen molar-refractivity contribution >= 4 is 38.8 Å². The number of nitriles is 1. The van der Waals surface area contributed by atoms with E-state index in [-0.39, 0.29) is 36.1 Å². The maximum Gasteiger partial charge on any atom is 0.420 e. The van der Waals surface area contributed by atoms with E-state index in [2.05, 4.69) is 25.6 Å². The quantitative estimate of drug-likeness (QED) is 0.121. The van der Waals surface area contributed by atoms with Crippen LogP contribution < -0.4 is 20.9 Å². The first-order valence-electron chi connectivity index (χ1n) is 13.7. The minimum atomic E-state index is -5.28. The second-order valence-corrected chi connectivity index (χ2v) is 11.1. The molecule has 0 aliphatic carbocycles. The van der Waals surface area contributed by atoms with Crippen molar-refractivity contribution in [1.29, 1.82) is 5.26 Å². The summed E-state index contributed by atoms with van der Waals surface area (Å²) >= 11 is 0. The van der Waals surface area contributed by atoms with Crippen LogP contribution in [0.25, 0.3) is 0 Å². The van der Waals surface area contributed by atoms with Crippen LogP contribution in [0.4, 0.5) is 40.7 Å². The van der Waals surface area contributed by atoms with E-state index in [0.717, 1.165) is 37.1 Å². The summed E-state index contributed by atoms with van der Waals surface area (Å²) in [5.74, 6) is -1.23. The summed E-state index contributed by atoms with van der Waals surface area (Å²) in [5.41, 5.74) is -5.27. The topological polar surface area (TPSA) is 207 Å². The number of azo groups is 1. The van der Waals surface area contributed by atoms with Crippen molar-refractivity contribution in [2.24, 2.45) is 10.2 Å². The summed E-state index contributed by atoms with van der Waals surface area (Å²) in [5, 5.41) is 41.1. The van der Waals surface area contributed by atoms with E-state index in [0.29, 0.717) is 16.8 Å². The van der Waals surface area contributed by atoms with Gasteiger partial charge in [0.2, 0.25) is 5.88 Å². The lowest BCUT2D eigenvalue weighted by atomic mass is 10.1. The number of hydrogen-bond donors (Lipinski definition) is 5. The van der Waals surface area contributed by atoms with Gasteiger partial charge < -0.3 is 25.6 Å². The molecule has 14 nitrogen and oxygen atoms in total.